The van der Waals surface area contributed by atoms with Gasteiger partial charge in [-0.1, -0.05) is 11.6 Å². The van der Waals surface area contributed by atoms with Crippen LogP contribution in [0.25, 0.3) is 11.4 Å². The first-order chi connectivity index (χ1) is 12.9. The fourth-order valence-electron chi connectivity index (χ4n) is 2.46. The molecule has 0 fully saturated rings. The third kappa shape index (κ3) is 4.22. The average molecular weight is 390 g/mol. The smallest absolute Gasteiger partial charge is 0.248 e. The summed E-state index contributed by atoms with van der Waals surface area (Å²) in [6, 6.07) is 7.88. The minimum atomic E-state index is -0.353. The van der Waals surface area contributed by atoms with E-state index in [1.165, 1.54) is 18.0 Å². The normalized spacial score (nSPS) is 10.7. The maximum Gasteiger partial charge on any atom is 0.248 e. The molecule has 0 saturated carbocycles. The van der Waals surface area contributed by atoms with Crippen LogP contribution in [-0.4, -0.2) is 33.2 Å². The summed E-state index contributed by atoms with van der Waals surface area (Å²) in [5.74, 6) is 0.103. The van der Waals surface area contributed by atoms with Crippen molar-refractivity contribution in [2.45, 2.75) is 20.4 Å². The number of nitrogens with zero attached hydrogens (tertiary/aromatic N) is 4. The van der Waals surface area contributed by atoms with Gasteiger partial charge < -0.3 is 10.1 Å². The van der Waals surface area contributed by atoms with Crippen LogP contribution in [-0.2, 0) is 11.3 Å². The number of halogens is 2. The number of aromatic nitrogens is 4. The van der Waals surface area contributed by atoms with Crippen molar-refractivity contribution in [1.82, 2.24) is 20.2 Å². The van der Waals surface area contributed by atoms with Crippen molar-refractivity contribution in [2.75, 3.05) is 12.4 Å². The van der Waals surface area contributed by atoms with E-state index in [2.05, 4.69) is 20.7 Å². The molecule has 1 N–H and O–H groups in total. The van der Waals surface area contributed by atoms with Gasteiger partial charge in [0.05, 0.1) is 12.8 Å². The Bertz CT molecular complexity index is 1010. The van der Waals surface area contributed by atoms with Gasteiger partial charge >= 0.3 is 0 Å². The number of nitrogens with one attached hydrogen (secondary N) is 1. The largest absolute Gasteiger partial charge is 0.495 e. The molecule has 27 heavy (non-hydrogen) atoms. The van der Waals surface area contributed by atoms with Gasteiger partial charge in [0.2, 0.25) is 11.7 Å². The number of rotatable bonds is 5. The van der Waals surface area contributed by atoms with Gasteiger partial charge in [-0.05, 0) is 54.5 Å². The number of hydrogen-bond acceptors (Lipinski definition) is 5. The molecule has 0 aliphatic heterocycles. The first-order valence-electron chi connectivity index (χ1n) is 8.05. The van der Waals surface area contributed by atoms with Crippen LogP contribution in [0.1, 0.15) is 11.1 Å². The third-order valence-electron chi connectivity index (χ3n) is 3.91. The van der Waals surface area contributed by atoms with E-state index in [-0.39, 0.29) is 18.3 Å². The fraction of sp³-hybridized carbons (Fsp3) is 0.222. The molecule has 1 aromatic heterocycles. The van der Waals surface area contributed by atoms with Crippen molar-refractivity contribution < 1.29 is 13.9 Å². The lowest BCUT2D eigenvalue weighted by Gasteiger charge is -2.12. The van der Waals surface area contributed by atoms with Crippen LogP contribution in [0.2, 0.25) is 5.02 Å². The summed E-state index contributed by atoms with van der Waals surface area (Å²) in [7, 11) is 1.49. The van der Waals surface area contributed by atoms with Crippen LogP contribution in [0, 0.1) is 19.7 Å². The Morgan fingerprint density at radius 2 is 2.04 bits per heavy atom. The van der Waals surface area contributed by atoms with Crippen LogP contribution < -0.4 is 10.1 Å². The molecule has 0 unspecified atom stereocenters. The predicted octanol–water partition coefficient (Wildman–Crippen LogP) is 3.40. The van der Waals surface area contributed by atoms with Crippen LogP contribution >= 0.6 is 11.6 Å². The first kappa shape index (κ1) is 18.8. The minimum Gasteiger partial charge on any atom is -0.495 e. The van der Waals surface area contributed by atoms with Crippen LogP contribution in [0.15, 0.2) is 30.3 Å². The molecule has 7 nitrogen and oxygen atoms in total. The van der Waals surface area contributed by atoms with E-state index < -0.39 is 0 Å². The van der Waals surface area contributed by atoms with E-state index >= 15 is 0 Å². The second kappa shape index (κ2) is 7.71. The Morgan fingerprint density at radius 1 is 1.26 bits per heavy atom. The molecule has 2 aromatic carbocycles. The molecule has 0 atom stereocenters. The van der Waals surface area contributed by atoms with Crippen molar-refractivity contribution in [2.24, 2.45) is 0 Å². The van der Waals surface area contributed by atoms with E-state index in [1.807, 2.05) is 6.92 Å². The van der Waals surface area contributed by atoms with E-state index in [0.717, 1.165) is 5.56 Å². The van der Waals surface area contributed by atoms with E-state index in [0.29, 0.717) is 33.4 Å². The standard InChI is InChI=1S/C18H17ClFN5O2/c1-10-7-15(16(27-3)8-13(10)19)21-17(26)9-25-23-18(22-24-25)12-4-5-14(20)11(2)6-12/h4-8H,9H2,1-3H3,(H,21,26). The van der Waals surface area contributed by atoms with Gasteiger partial charge in [0, 0.05) is 16.7 Å². The molecule has 9 heteroatoms. The predicted molar refractivity (Wildman–Crippen MR) is 99.3 cm³/mol. The number of amides is 1. The SMILES string of the molecule is COc1cc(Cl)c(C)cc1NC(=O)Cn1nnc(-c2ccc(F)c(C)c2)n1. The number of aryl methyl sites for hydroxylation is 2. The lowest BCUT2D eigenvalue weighted by molar-refractivity contribution is -0.117. The maximum absolute atomic E-state index is 13.4. The summed E-state index contributed by atoms with van der Waals surface area (Å²) in [4.78, 5) is 13.5. The minimum absolute atomic E-state index is 0.141. The summed E-state index contributed by atoms with van der Waals surface area (Å²) in [5.41, 5.74) is 2.40. The number of anilines is 1. The molecule has 0 bridgehead atoms. The summed E-state index contributed by atoms with van der Waals surface area (Å²) < 4.78 is 18.6. The van der Waals surface area contributed by atoms with Gasteiger partial charge in [0.25, 0.3) is 0 Å². The zero-order valence-corrected chi connectivity index (χ0v) is 15.7. The molecule has 0 aliphatic carbocycles. The zero-order valence-electron chi connectivity index (χ0n) is 15.0. The number of hydrogen-bond donors (Lipinski definition) is 1. The lowest BCUT2D eigenvalue weighted by Crippen LogP contribution is -2.21. The van der Waals surface area contributed by atoms with Gasteiger partial charge in [-0.15, -0.1) is 10.2 Å². The van der Waals surface area contributed by atoms with Crippen molar-refractivity contribution >= 4 is 23.2 Å². The van der Waals surface area contributed by atoms with Crippen LogP contribution in [0.4, 0.5) is 10.1 Å². The van der Waals surface area contributed by atoms with Gasteiger partial charge in [-0.2, -0.15) is 4.80 Å². The lowest BCUT2D eigenvalue weighted by atomic mass is 10.1. The number of ether oxygens (including phenoxy) is 1. The Morgan fingerprint density at radius 3 is 2.74 bits per heavy atom. The third-order valence-corrected chi connectivity index (χ3v) is 4.32. The van der Waals surface area contributed by atoms with Gasteiger partial charge in [-0.25, -0.2) is 4.39 Å². The summed E-state index contributed by atoms with van der Waals surface area (Å²) >= 11 is 6.06. The first-order valence-corrected chi connectivity index (χ1v) is 8.43. The molecule has 140 valence electrons. The molecule has 0 radical (unpaired) electrons. The van der Waals surface area contributed by atoms with E-state index in [4.69, 9.17) is 16.3 Å². The molecule has 1 heterocycles. The summed E-state index contributed by atoms with van der Waals surface area (Å²) in [6.45, 7) is 3.34. The van der Waals surface area contributed by atoms with E-state index in [1.54, 1.807) is 31.2 Å². The van der Waals surface area contributed by atoms with Crippen molar-refractivity contribution in [3.05, 3.63) is 52.3 Å². The molecule has 0 saturated heterocycles. The van der Waals surface area contributed by atoms with Crippen molar-refractivity contribution in [3.8, 4) is 17.1 Å². The maximum atomic E-state index is 13.4. The zero-order chi connectivity index (χ0) is 19.6. The topological polar surface area (TPSA) is 81.9 Å². The number of methoxy groups -OCH3 is 1. The van der Waals surface area contributed by atoms with Gasteiger partial charge in [0.15, 0.2) is 0 Å². The molecule has 0 spiro atoms. The Hall–Kier alpha value is -3.00. The fourth-order valence-corrected chi connectivity index (χ4v) is 2.61. The highest BCUT2D eigenvalue weighted by atomic mass is 35.5. The summed E-state index contributed by atoms with van der Waals surface area (Å²) in [6.07, 6.45) is 0. The highest BCUT2D eigenvalue weighted by molar-refractivity contribution is 6.31. The molecule has 0 aliphatic rings. The second-order valence-electron chi connectivity index (χ2n) is 5.96. The molecular formula is C18H17ClFN5O2. The highest BCUT2D eigenvalue weighted by Crippen LogP contribution is 2.30. The quantitative estimate of drug-likeness (QED) is 0.723. The van der Waals surface area contributed by atoms with Gasteiger partial charge in [0.1, 0.15) is 18.1 Å². The Balaban J connectivity index is 1.73. The number of benzene rings is 2. The van der Waals surface area contributed by atoms with Crippen LogP contribution in [0.5, 0.6) is 5.75 Å². The van der Waals surface area contributed by atoms with Gasteiger partial charge in [-0.3, -0.25) is 4.79 Å². The number of carbonyl (C=O) groups is 1. The van der Waals surface area contributed by atoms with E-state index in [9.17, 15) is 9.18 Å². The second-order valence-corrected chi connectivity index (χ2v) is 6.36. The molecule has 1 amide bonds. The monoisotopic (exact) mass is 389 g/mol. The average Bonchev–Trinajstić information content (AvgIpc) is 3.08. The van der Waals surface area contributed by atoms with Crippen molar-refractivity contribution in [3.63, 3.8) is 0 Å². The molecular weight excluding hydrogens is 373 g/mol. The van der Waals surface area contributed by atoms with Crippen LogP contribution in [0.3, 0.4) is 0 Å². The Kier molecular flexibility index (Phi) is 5.36. The van der Waals surface area contributed by atoms with Crippen molar-refractivity contribution in [1.29, 1.82) is 0 Å². The molecule has 3 aromatic rings. The molecule has 3 rings (SSSR count). The number of carbonyl (C=O) groups excluding carboxylic acids is 1. The summed E-state index contributed by atoms with van der Waals surface area (Å²) in [5, 5.41) is 15.2. The number of tetrazole rings is 1. The highest BCUT2D eigenvalue weighted by Gasteiger charge is 2.13. The Labute approximate surface area is 160 Å².